The Labute approximate surface area is 277 Å². The molecule has 1 amide bonds. The van der Waals surface area contributed by atoms with Crippen molar-refractivity contribution in [2.45, 2.75) is 55.4 Å². The van der Waals surface area contributed by atoms with Crippen molar-refractivity contribution in [2.75, 3.05) is 65.3 Å². The number of fused-ring (bicyclic) bond motifs is 1. The molecule has 1 atom stereocenters. The molecule has 2 aromatic carbocycles. The van der Waals surface area contributed by atoms with Gasteiger partial charge < -0.3 is 29.7 Å². The van der Waals surface area contributed by atoms with Gasteiger partial charge in [-0.05, 0) is 55.6 Å². The molecular weight excluding hydrogens is 631 g/mol. The highest BCUT2D eigenvalue weighted by molar-refractivity contribution is 8.00. The van der Waals surface area contributed by atoms with Crippen molar-refractivity contribution in [3.8, 4) is 17.0 Å². The van der Waals surface area contributed by atoms with Gasteiger partial charge in [0, 0.05) is 60.9 Å². The van der Waals surface area contributed by atoms with Crippen LogP contribution < -0.4 is 10.1 Å². The normalized spacial score (nSPS) is 18.6. The smallest absolute Gasteiger partial charge is 0.417 e. The molecule has 0 spiro atoms. The number of aliphatic hydroxyl groups excluding tert-OH is 1. The number of thioether (sulfide) groups is 1. The van der Waals surface area contributed by atoms with Gasteiger partial charge in [-0.3, -0.25) is 9.48 Å². The zero-order chi connectivity index (χ0) is 33.0. The second-order valence-corrected chi connectivity index (χ2v) is 13.4. The van der Waals surface area contributed by atoms with Crippen LogP contribution in [0, 0.1) is 0 Å². The summed E-state index contributed by atoms with van der Waals surface area (Å²) in [6.07, 6.45) is -2.56. The van der Waals surface area contributed by atoms with E-state index in [1.807, 2.05) is 22.9 Å². The highest BCUT2D eigenvalue weighted by Gasteiger charge is 2.35. The minimum absolute atomic E-state index is 0.000220. The molecule has 13 heteroatoms. The second kappa shape index (κ2) is 15.0. The summed E-state index contributed by atoms with van der Waals surface area (Å²) in [5, 5.41) is 19.4. The van der Waals surface area contributed by atoms with Gasteiger partial charge in [-0.15, -0.1) is 11.8 Å². The molecule has 0 saturated carbocycles. The predicted octanol–water partition coefficient (Wildman–Crippen LogP) is 4.41. The number of likely N-dealkylation sites (tertiary alicyclic amines) is 1. The average molecular weight is 674 g/mol. The Kier molecular flexibility index (Phi) is 10.8. The molecule has 2 saturated heterocycles. The number of benzene rings is 2. The molecular formula is C34H42F3N5O4S. The van der Waals surface area contributed by atoms with Crippen molar-refractivity contribution in [1.29, 1.82) is 0 Å². The highest BCUT2D eigenvalue weighted by Crippen LogP contribution is 2.40. The van der Waals surface area contributed by atoms with E-state index < -0.39 is 17.8 Å². The van der Waals surface area contributed by atoms with Gasteiger partial charge in [-0.2, -0.15) is 18.3 Å². The molecule has 2 fully saturated rings. The third kappa shape index (κ3) is 7.97. The van der Waals surface area contributed by atoms with Crippen LogP contribution in [0.5, 0.6) is 5.75 Å². The van der Waals surface area contributed by atoms with E-state index in [0.29, 0.717) is 69.5 Å². The van der Waals surface area contributed by atoms with Crippen LogP contribution in [-0.4, -0.2) is 102 Å². The number of carbonyl (C=O) groups is 1. The lowest BCUT2D eigenvalue weighted by Crippen LogP contribution is -2.41. The molecule has 254 valence electrons. The molecule has 1 unspecified atom stereocenters. The number of morpholine rings is 1. The number of nitrogens with zero attached hydrogens (tertiary/aromatic N) is 4. The number of alkyl halides is 3. The third-order valence-electron chi connectivity index (χ3n) is 9.30. The number of piperidine rings is 1. The van der Waals surface area contributed by atoms with E-state index in [9.17, 15) is 23.1 Å². The van der Waals surface area contributed by atoms with Crippen LogP contribution in [0.4, 0.5) is 13.2 Å². The van der Waals surface area contributed by atoms with E-state index in [1.54, 1.807) is 12.0 Å². The van der Waals surface area contributed by atoms with Crippen molar-refractivity contribution < 1.29 is 32.5 Å². The lowest BCUT2D eigenvalue weighted by molar-refractivity contribution is -0.139. The van der Waals surface area contributed by atoms with E-state index in [-0.39, 0.29) is 16.6 Å². The van der Waals surface area contributed by atoms with Crippen LogP contribution in [-0.2, 0) is 35.2 Å². The molecule has 2 N–H and O–H groups in total. The van der Waals surface area contributed by atoms with E-state index in [1.165, 1.54) is 17.7 Å². The number of β-amino-alcohol motifs (C(OH)–C–C–N with tert-alkyl or cyclic N) is 1. The van der Waals surface area contributed by atoms with Crippen molar-refractivity contribution in [1.82, 2.24) is 24.9 Å². The Morgan fingerprint density at radius 1 is 1.13 bits per heavy atom. The van der Waals surface area contributed by atoms with Crippen molar-refractivity contribution in [2.24, 2.45) is 0 Å². The standard InChI is InChI=1S/C34H42F3N5O4S/c1-45-30-5-3-2-4-26(30)23-9-12-40(13-10-23)20-25(43)21-42-29-8-11-38-19-27(29)33(39-42)24-6-7-28(34(35,36)37)31(18-24)47-22-32(44)41-14-16-46-17-15-41/h2-7,18,23,25,38,43H,8-17,19-22H2,1H3. The quantitative estimate of drug-likeness (QED) is 0.306. The average Bonchev–Trinajstić information content (AvgIpc) is 3.45. The summed E-state index contributed by atoms with van der Waals surface area (Å²) in [7, 11) is 1.70. The van der Waals surface area contributed by atoms with E-state index in [0.717, 1.165) is 67.3 Å². The Hall–Kier alpha value is -3.10. The number of nitrogens with one attached hydrogen (secondary N) is 1. The third-order valence-corrected chi connectivity index (χ3v) is 10.3. The Balaban J connectivity index is 1.15. The van der Waals surface area contributed by atoms with Gasteiger partial charge >= 0.3 is 6.18 Å². The van der Waals surface area contributed by atoms with Gasteiger partial charge in [0.15, 0.2) is 0 Å². The summed E-state index contributed by atoms with van der Waals surface area (Å²) in [4.78, 5) is 16.7. The Morgan fingerprint density at radius 3 is 2.64 bits per heavy atom. The van der Waals surface area contributed by atoms with Gasteiger partial charge in [0.25, 0.3) is 0 Å². The number of amides is 1. The predicted molar refractivity (Wildman–Crippen MR) is 174 cm³/mol. The number of halogens is 3. The van der Waals surface area contributed by atoms with Crippen molar-refractivity contribution in [3.63, 3.8) is 0 Å². The summed E-state index contributed by atoms with van der Waals surface area (Å²) in [5.74, 6) is 1.03. The lowest BCUT2D eigenvalue weighted by atomic mass is 9.88. The van der Waals surface area contributed by atoms with Crippen LogP contribution >= 0.6 is 11.8 Å². The molecule has 47 heavy (non-hydrogen) atoms. The van der Waals surface area contributed by atoms with Gasteiger partial charge in [0.05, 0.1) is 50.0 Å². The Bertz CT molecular complexity index is 1540. The fraction of sp³-hybridized carbons (Fsp3) is 0.529. The first kappa shape index (κ1) is 33.8. The SMILES string of the molecule is COc1ccccc1C1CCN(CC(O)Cn2nc(-c3ccc(C(F)(F)F)c(SCC(=O)N4CCOCC4)c3)c3c2CCNC3)CC1. The number of methoxy groups -OCH3 is 1. The summed E-state index contributed by atoms with van der Waals surface area (Å²) < 4.78 is 54.8. The fourth-order valence-electron chi connectivity index (χ4n) is 6.86. The molecule has 3 aliphatic heterocycles. The van der Waals surface area contributed by atoms with Crippen molar-refractivity contribution in [3.05, 3.63) is 64.8 Å². The van der Waals surface area contributed by atoms with Crippen LogP contribution in [0.3, 0.4) is 0 Å². The number of ether oxygens (including phenoxy) is 2. The van der Waals surface area contributed by atoms with Crippen molar-refractivity contribution >= 4 is 17.7 Å². The monoisotopic (exact) mass is 673 g/mol. The van der Waals surface area contributed by atoms with Gasteiger partial charge in [0.2, 0.25) is 5.91 Å². The van der Waals surface area contributed by atoms with E-state index in [2.05, 4.69) is 16.3 Å². The molecule has 0 radical (unpaired) electrons. The molecule has 3 aliphatic rings. The number of hydrogen-bond acceptors (Lipinski definition) is 8. The van der Waals surface area contributed by atoms with Crippen LogP contribution in [0.2, 0.25) is 0 Å². The number of para-hydroxylation sites is 1. The number of aromatic nitrogens is 2. The minimum atomic E-state index is -4.56. The molecule has 3 aromatic rings. The van der Waals surface area contributed by atoms with E-state index >= 15 is 0 Å². The number of rotatable bonds is 10. The molecule has 0 bridgehead atoms. The first-order valence-electron chi connectivity index (χ1n) is 16.2. The van der Waals surface area contributed by atoms with Crippen LogP contribution in [0.25, 0.3) is 11.3 Å². The van der Waals surface area contributed by atoms with Gasteiger partial charge in [0.1, 0.15) is 5.75 Å². The maximum atomic E-state index is 14.0. The first-order valence-corrected chi connectivity index (χ1v) is 17.2. The Morgan fingerprint density at radius 2 is 1.89 bits per heavy atom. The molecule has 6 rings (SSSR count). The zero-order valence-corrected chi connectivity index (χ0v) is 27.4. The maximum absolute atomic E-state index is 14.0. The number of aliphatic hydroxyl groups is 1. The lowest BCUT2D eigenvalue weighted by Gasteiger charge is -2.34. The summed E-state index contributed by atoms with van der Waals surface area (Å²) >= 11 is 0.905. The zero-order valence-electron chi connectivity index (χ0n) is 26.6. The topological polar surface area (TPSA) is 92.1 Å². The maximum Gasteiger partial charge on any atom is 0.417 e. The highest BCUT2D eigenvalue weighted by atomic mass is 32.2. The minimum Gasteiger partial charge on any atom is -0.496 e. The second-order valence-electron chi connectivity index (χ2n) is 12.3. The van der Waals surface area contributed by atoms with Crippen LogP contribution in [0.15, 0.2) is 47.4 Å². The number of carbonyl (C=O) groups excluding carboxylic acids is 1. The first-order chi connectivity index (χ1) is 22.7. The van der Waals surface area contributed by atoms with Crippen LogP contribution in [0.1, 0.15) is 41.1 Å². The molecule has 4 heterocycles. The molecule has 0 aliphatic carbocycles. The van der Waals surface area contributed by atoms with Gasteiger partial charge in [-0.1, -0.05) is 24.3 Å². The largest absolute Gasteiger partial charge is 0.496 e. The summed E-state index contributed by atoms with van der Waals surface area (Å²) in [6, 6.07) is 12.2. The molecule has 1 aromatic heterocycles. The van der Waals surface area contributed by atoms with Gasteiger partial charge in [-0.25, -0.2) is 0 Å². The summed E-state index contributed by atoms with van der Waals surface area (Å²) in [5.41, 5.74) is 3.55. The van der Waals surface area contributed by atoms with E-state index in [4.69, 9.17) is 14.6 Å². The summed E-state index contributed by atoms with van der Waals surface area (Å²) in [6.45, 7) is 5.57. The molecule has 9 nitrogen and oxygen atoms in total. The number of hydrogen-bond donors (Lipinski definition) is 2. The fourth-order valence-corrected chi connectivity index (χ4v) is 7.87.